The lowest BCUT2D eigenvalue weighted by atomic mass is 10.3. The van der Waals surface area contributed by atoms with Gasteiger partial charge in [-0.25, -0.2) is 4.79 Å². The highest BCUT2D eigenvalue weighted by Crippen LogP contribution is 2.06. The van der Waals surface area contributed by atoms with Crippen LogP contribution in [0.15, 0.2) is 0 Å². The predicted molar refractivity (Wildman–Crippen MR) is 61.8 cm³/mol. The molecular formula is C8H14N2O2S2. The molecule has 1 saturated heterocycles. The SMILES string of the molecule is CCOC(=O)N1CCN(C(=S)S)CC1. The molecule has 0 atom stereocenters. The maximum atomic E-state index is 11.3. The summed E-state index contributed by atoms with van der Waals surface area (Å²) in [5, 5.41) is 0. The largest absolute Gasteiger partial charge is 0.450 e. The van der Waals surface area contributed by atoms with E-state index in [0.29, 0.717) is 24.0 Å². The highest BCUT2D eigenvalue weighted by Gasteiger charge is 2.21. The molecule has 1 amide bonds. The van der Waals surface area contributed by atoms with Crippen LogP contribution < -0.4 is 0 Å². The number of amides is 1. The summed E-state index contributed by atoms with van der Waals surface area (Å²) in [6.07, 6.45) is -0.239. The van der Waals surface area contributed by atoms with Gasteiger partial charge in [0.15, 0.2) is 0 Å². The zero-order valence-electron chi connectivity index (χ0n) is 8.10. The highest BCUT2D eigenvalue weighted by molar-refractivity contribution is 8.10. The van der Waals surface area contributed by atoms with Crippen LogP contribution >= 0.6 is 24.8 Å². The number of ether oxygens (including phenoxy) is 1. The summed E-state index contributed by atoms with van der Waals surface area (Å²) in [4.78, 5) is 15.0. The quantitative estimate of drug-likeness (QED) is 0.541. The summed E-state index contributed by atoms with van der Waals surface area (Å²) in [5.74, 6) is 0. The van der Waals surface area contributed by atoms with Crippen molar-refractivity contribution in [3.8, 4) is 0 Å². The van der Waals surface area contributed by atoms with Gasteiger partial charge in [-0.1, -0.05) is 12.2 Å². The second-order valence-corrected chi connectivity index (χ2v) is 4.07. The minimum Gasteiger partial charge on any atom is -0.450 e. The second kappa shape index (κ2) is 5.41. The number of carbonyl (C=O) groups is 1. The molecule has 1 aliphatic rings. The van der Waals surface area contributed by atoms with Crippen LogP contribution in [0.1, 0.15) is 6.92 Å². The minimum atomic E-state index is -0.239. The molecule has 0 aromatic carbocycles. The molecule has 0 saturated carbocycles. The van der Waals surface area contributed by atoms with Crippen LogP contribution in [-0.2, 0) is 4.74 Å². The summed E-state index contributed by atoms with van der Waals surface area (Å²) >= 11 is 9.01. The molecule has 14 heavy (non-hydrogen) atoms. The van der Waals surface area contributed by atoms with Crippen LogP contribution in [0.5, 0.6) is 0 Å². The van der Waals surface area contributed by atoms with Crippen molar-refractivity contribution in [1.29, 1.82) is 0 Å². The lowest BCUT2D eigenvalue weighted by Gasteiger charge is -2.34. The monoisotopic (exact) mass is 234 g/mol. The van der Waals surface area contributed by atoms with Crippen LogP contribution in [0.4, 0.5) is 4.79 Å². The van der Waals surface area contributed by atoms with Crippen molar-refractivity contribution in [2.24, 2.45) is 0 Å². The van der Waals surface area contributed by atoms with Gasteiger partial charge in [-0.15, -0.1) is 12.6 Å². The van der Waals surface area contributed by atoms with Gasteiger partial charge in [-0.3, -0.25) is 0 Å². The van der Waals surface area contributed by atoms with E-state index < -0.39 is 0 Å². The zero-order valence-corrected chi connectivity index (χ0v) is 9.81. The van der Waals surface area contributed by atoms with Crippen LogP contribution in [0.25, 0.3) is 0 Å². The molecule has 1 heterocycles. The van der Waals surface area contributed by atoms with E-state index in [0.717, 1.165) is 13.1 Å². The van der Waals surface area contributed by atoms with Gasteiger partial charge in [0.2, 0.25) is 0 Å². The predicted octanol–water partition coefficient (Wildman–Crippen LogP) is 0.975. The topological polar surface area (TPSA) is 32.8 Å². The Hall–Kier alpha value is -0.490. The molecule has 1 rings (SSSR count). The lowest BCUT2D eigenvalue weighted by Crippen LogP contribution is -2.49. The Kier molecular flexibility index (Phi) is 4.47. The fourth-order valence-electron chi connectivity index (χ4n) is 1.30. The van der Waals surface area contributed by atoms with Gasteiger partial charge in [0, 0.05) is 26.2 Å². The second-order valence-electron chi connectivity index (χ2n) is 2.96. The van der Waals surface area contributed by atoms with Crippen LogP contribution in [0.3, 0.4) is 0 Å². The molecule has 0 aromatic rings. The zero-order chi connectivity index (χ0) is 10.6. The van der Waals surface area contributed by atoms with Crippen LogP contribution in [-0.4, -0.2) is 53.0 Å². The normalized spacial score (nSPS) is 16.7. The number of rotatable bonds is 1. The maximum Gasteiger partial charge on any atom is 0.409 e. The highest BCUT2D eigenvalue weighted by atomic mass is 32.1. The van der Waals surface area contributed by atoms with Gasteiger partial charge in [-0.05, 0) is 6.92 Å². The molecular weight excluding hydrogens is 220 g/mol. The third-order valence-corrected chi connectivity index (χ3v) is 2.62. The molecule has 6 heteroatoms. The Bertz CT molecular complexity index is 227. The molecule has 80 valence electrons. The van der Waals surface area contributed by atoms with Gasteiger partial charge < -0.3 is 14.5 Å². The first-order chi connectivity index (χ1) is 6.65. The Morgan fingerprint density at radius 2 is 1.86 bits per heavy atom. The van der Waals surface area contributed by atoms with E-state index in [4.69, 9.17) is 17.0 Å². The molecule has 0 bridgehead atoms. The number of thiocarbonyl (C=S) groups is 1. The average molecular weight is 234 g/mol. The number of nitrogens with zero attached hydrogens (tertiary/aromatic N) is 2. The van der Waals surface area contributed by atoms with E-state index in [9.17, 15) is 4.79 Å². The molecule has 0 aliphatic carbocycles. The molecule has 4 nitrogen and oxygen atoms in total. The minimum absolute atomic E-state index is 0.239. The van der Waals surface area contributed by atoms with E-state index >= 15 is 0 Å². The Labute approximate surface area is 94.6 Å². The maximum absolute atomic E-state index is 11.3. The number of thiol groups is 1. The van der Waals surface area contributed by atoms with Crippen molar-refractivity contribution < 1.29 is 9.53 Å². The van der Waals surface area contributed by atoms with Gasteiger partial charge in [0.05, 0.1) is 6.61 Å². The summed E-state index contributed by atoms with van der Waals surface area (Å²) in [6.45, 7) is 5.00. The average Bonchev–Trinajstić information content (AvgIpc) is 2.18. The van der Waals surface area contributed by atoms with Crippen molar-refractivity contribution >= 4 is 35.3 Å². The molecule has 0 spiro atoms. The standard InChI is InChI=1S/C8H14N2O2S2/c1-2-12-7(11)9-3-5-10(6-4-9)8(13)14/h2-6H2,1H3,(H,13,14). The summed E-state index contributed by atoms with van der Waals surface area (Å²) in [7, 11) is 0. The van der Waals surface area contributed by atoms with Gasteiger partial charge >= 0.3 is 6.09 Å². The summed E-state index contributed by atoms with van der Waals surface area (Å²) < 4.78 is 5.48. The lowest BCUT2D eigenvalue weighted by molar-refractivity contribution is 0.0927. The van der Waals surface area contributed by atoms with Crippen LogP contribution in [0.2, 0.25) is 0 Å². The van der Waals surface area contributed by atoms with Crippen molar-refractivity contribution in [3.63, 3.8) is 0 Å². The smallest absolute Gasteiger partial charge is 0.409 e. The Morgan fingerprint density at radius 3 is 2.29 bits per heavy atom. The first-order valence-electron chi connectivity index (χ1n) is 4.54. The van der Waals surface area contributed by atoms with E-state index in [1.165, 1.54) is 0 Å². The fourth-order valence-corrected chi connectivity index (χ4v) is 1.68. The number of hydrogen-bond donors (Lipinski definition) is 1. The first kappa shape index (κ1) is 11.6. The fraction of sp³-hybridized carbons (Fsp3) is 0.750. The summed E-state index contributed by atoms with van der Waals surface area (Å²) in [5.41, 5.74) is 0. The Balaban J connectivity index is 2.35. The molecule has 0 unspecified atom stereocenters. The van der Waals surface area contributed by atoms with Crippen molar-refractivity contribution in [2.75, 3.05) is 32.8 Å². The van der Waals surface area contributed by atoms with Crippen molar-refractivity contribution in [2.45, 2.75) is 6.92 Å². The Morgan fingerprint density at radius 1 is 1.36 bits per heavy atom. The van der Waals surface area contributed by atoms with Gasteiger partial charge in [0.1, 0.15) is 4.32 Å². The summed E-state index contributed by atoms with van der Waals surface area (Å²) in [6, 6.07) is 0. The third-order valence-electron chi connectivity index (χ3n) is 2.08. The van der Waals surface area contributed by atoms with E-state index in [2.05, 4.69) is 12.6 Å². The van der Waals surface area contributed by atoms with E-state index in [1.54, 1.807) is 11.8 Å². The van der Waals surface area contributed by atoms with Crippen LogP contribution in [0, 0.1) is 0 Å². The van der Waals surface area contributed by atoms with Gasteiger partial charge in [-0.2, -0.15) is 0 Å². The molecule has 0 radical (unpaired) electrons. The van der Waals surface area contributed by atoms with E-state index in [1.807, 2.05) is 4.90 Å². The molecule has 0 N–H and O–H groups in total. The molecule has 1 fully saturated rings. The van der Waals surface area contributed by atoms with Crippen molar-refractivity contribution in [1.82, 2.24) is 9.80 Å². The third kappa shape index (κ3) is 3.02. The first-order valence-corrected chi connectivity index (χ1v) is 5.40. The number of piperazine rings is 1. The van der Waals surface area contributed by atoms with Crippen molar-refractivity contribution in [3.05, 3.63) is 0 Å². The van der Waals surface area contributed by atoms with Gasteiger partial charge in [0.25, 0.3) is 0 Å². The molecule has 0 aromatic heterocycles. The number of carbonyl (C=O) groups excluding carboxylic acids is 1. The molecule has 1 aliphatic heterocycles. The number of hydrogen-bond acceptors (Lipinski definition) is 3. The van der Waals surface area contributed by atoms with E-state index in [-0.39, 0.29) is 6.09 Å².